The van der Waals surface area contributed by atoms with Crippen LogP contribution in [0.25, 0.3) is 0 Å². The highest BCUT2D eigenvalue weighted by Gasteiger charge is 2.26. The monoisotopic (exact) mass is 399 g/mol. The molecule has 7 heteroatoms. The summed E-state index contributed by atoms with van der Waals surface area (Å²) in [4.78, 5) is 3.66. The van der Waals surface area contributed by atoms with Crippen LogP contribution in [0.2, 0.25) is 0 Å². The molecule has 0 radical (unpaired) electrons. The molecule has 1 aromatic carbocycles. The Kier molecular flexibility index (Phi) is 6.09. The highest BCUT2D eigenvalue weighted by molar-refractivity contribution is 14.0. The van der Waals surface area contributed by atoms with Crippen LogP contribution < -0.4 is 11.1 Å². The Morgan fingerprint density at radius 3 is 2.65 bits per heavy atom. The number of aryl methyl sites for hydroxylation is 2. The average Bonchev–Trinajstić information content (AvgIpc) is 2.74. The minimum absolute atomic E-state index is 0. The molecule has 0 atom stereocenters. The second-order valence-electron chi connectivity index (χ2n) is 4.59. The quantitative estimate of drug-likeness (QED) is 0.465. The zero-order chi connectivity index (χ0) is 13.9. The second-order valence-corrected chi connectivity index (χ2v) is 4.59. The molecular weight excluding hydrogens is 382 g/mol. The van der Waals surface area contributed by atoms with Crippen LogP contribution >= 0.6 is 24.0 Å². The highest BCUT2D eigenvalue weighted by Crippen LogP contribution is 2.24. The number of nitrogens with zero attached hydrogens (tertiary/aromatic N) is 1. The van der Waals surface area contributed by atoms with E-state index >= 15 is 0 Å². The molecule has 0 aliphatic heterocycles. The van der Waals surface area contributed by atoms with Gasteiger partial charge in [0.15, 0.2) is 5.96 Å². The number of anilines is 1. The van der Waals surface area contributed by atoms with Crippen molar-refractivity contribution in [2.75, 3.05) is 11.9 Å². The number of guanidine groups is 1. The van der Waals surface area contributed by atoms with Gasteiger partial charge < -0.3 is 11.1 Å². The number of hydrogen-bond acceptors (Lipinski definition) is 1. The van der Waals surface area contributed by atoms with Crippen LogP contribution in [-0.4, -0.2) is 18.7 Å². The van der Waals surface area contributed by atoms with E-state index in [0.29, 0.717) is 0 Å². The van der Waals surface area contributed by atoms with Crippen LogP contribution in [0, 0.1) is 0 Å². The Morgan fingerprint density at radius 1 is 1.25 bits per heavy atom. The zero-order valence-corrected chi connectivity index (χ0v) is 13.2. The fourth-order valence-corrected chi connectivity index (χ4v) is 2.14. The molecule has 0 bridgehead atoms. The summed E-state index contributed by atoms with van der Waals surface area (Å²) in [7, 11) is 0. The van der Waals surface area contributed by atoms with Crippen LogP contribution in [0.5, 0.6) is 0 Å². The van der Waals surface area contributed by atoms with Gasteiger partial charge in [-0.3, -0.25) is 4.99 Å². The molecule has 0 unspecified atom stereocenters. The number of benzene rings is 1. The lowest BCUT2D eigenvalue weighted by Gasteiger charge is -2.08. The summed E-state index contributed by atoms with van der Waals surface area (Å²) in [5.41, 5.74) is 8.93. The number of fused-ring (bicyclic) bond motifs is 1. The van der Waals surface area contributed by atoms with Crippen molar-refractivity contribution in [2.45, 2.75) is 31.9 Å². The summed E-state index contributed by atoms with van der Waals surface area (Å²) >= 11 is 0. The maximum absolute atomic E-state index is 12.0. The number of nitrogens with one attached hydrogen (secondary N) is 1. The van der Waals surface area contributed by atoms with Crippen molar-refractivity contribution in [1.82, 2.24) is 0 Å². The van der Waals surface area contributed by atoms with E-state index in [2.05, 4.69) is 10.3 Å². The number of hydrogen-bond donors (Lipinski definition) is 2. The Bertz CT molecular complexity index is 486. The molecule has 0 spiro atoms. The van der Waals surface area contributed by atoms with E-state index in [9.17, 15) is 13.2 Å². The molecule has 0 saturated carbocycles. The molecule has 0 amide bonds. The molecule has 0 heterocycles. The number of alkyl halides is 3. The fraction of sp³-hybridized carbons (Fsp3) is 0.462. The molecule has 3 N–H and O–H groups in total. The lowest BCUT2D eigenvalue weighted by atomic mass is 10.1. The Hall–Kier alpha value is -0.990. The van der Waals surface area contributed by atoms with E-state index in [1.54, 1.807) is 0 Å². The number of aliphatic imine (C=N–C) groups is 1. The fourth-order valence-electron chi connectivity index (χ4n) is 2.14. The Balaban J connectivity index is 0.00000200. The average molecular weight is 399 g/mol. The van der Waals surface area contributed by atoms with Crippen molar-refractivity contribution in [2.24, 2.45) is 10.7 Å². The van der Waals surface area contributed by atoms with Gasteiger partial charge in [0.05, 0.1) is 13.0 Å². The van der Waals surface area contributed by atoms with E-state index < -0.39 is 12.6 Å². The van der Waals surface area contributed by atoms with Crippen LogP contribution in [0.15, 0.2) is 23.2 Å². The third-order valence-electron chi connectivity index (χ3n) is 3.05. The van der Waals surface area contributed by atoms with Gasteiger partial charge in [-0.05, 0) is 42.5 Å². The van der Waals surface area contributed by atoms with Crippen molar-refractivity contribution in [3.63, 3.8) is 0 Å². The standard InChI is InChI=1S/C13H16F3N3.HI/c14-13(15,16)6-7-18-12(17)19-11-5-4-9-2-1-3-10(9)8-11;/h4-5,8H,1-3,6-7H2,(H3,17,18,19);1H. The molecule has 20 heavy (non-hydrogen) atoms. The van der Waals surface area contributed by atoms with E-state index in [0.717, 1.165) is 24.9 Å². The predicted molar refractivity (Wildman–Crippen MR) is 84.7 cm³/mol. The molecule has 1 aliphatic rings. The number of halogens is 4. The molecule has 3 nitrogen and oxygen atoms in total. The van der Waals surface area contributed by atoms with Gasteiger partial charge in [0.1, 0.15) is 0 Å². The van der Waals surface area contributed by atoms with Crippen molar-refractivity contribution >= 4 is 35.6 Å². The van der Waals surface area contributed by atoms with Gasteiger partial charge in [0.25, 0.3) is 0 Å². The van der Waals surface area contributed by atoms with Crippen LogP contribution in [-0.2, 0) is 12.8 Å². The maximum Gasteiger partial charge on any atom is 0.390 e. The Morgan fingerprint density at radius 2 is 1.95 bits per heavy atom. The molecule has 0 fully saturated rings. The van der Waals surface area contributed by atoms with E-state index in [-0.39, 0.29) is 36.5 Å². The van der Waals surface area contributed by atoms with Crippen molar-refractivity contribution < 1.29 is 13.2 Å². The van der Waals surface area contributed by atoms with Gasteiger partial charge in [-0.2, -0.15) is 13.2 Å². The van der Waals surface area contributed by atoms with Gasteiger partial charge >= 0.3 is 6.18 Å². The summed E-state index contributed by atoms with van der Waals surface area (Å²) in [5, 5.41) is 2.82. The van der Waals surface area contributed by atoms with Gasteiger partial charge in [0.2, 0.25) is 0 Å². The van der Waals surface area contributed by atoms with Crippen LogP contribution in [0.3, 0.4) is 0 Å². The molecule has 1 aromatic rings. The molecule has 0 aromatic heterocycles. The molecule has 112 valence electrons. The smallest absolute Gasteiger partial charge is 0.370 e. The normalized spacial score (nSPS) is 14.7. The first kappa shape index (κ1) is 17.1. The summed E-state index contributed by atoms with van der Waals surface area (Å²) in [6.45, 7) is -0.354. The highest BCUT2D eigenvalue weighted by atomic mass is 127. The van der Waals surface area contributed by atoms with E-state index in [1.807, 2.05) is 18.2 Å². The van der Waals surface area contributed by atoms with Crippen LogP contribution in [0.1, 0.15) is 24.0 Å². The van der Waals surface area contributed by atoms with Gasteiger partial charge in [-0.1, -0.05) is 6.07 Å². The van der Waals surface area contributed by atoms with Gasteiger partial charge in [0, 0.05) is 5.69 Å². The van der Waals surface area contributed by atoms with Crippen LogP contribution in [0.4, 0.5) is 18.9 Å². The minimum atomic E-state index is -4.20. The summed E-state index contributed by atoms with van der Waals surface area (Å²) < 4.78 is 35.9. The topological polar surface area (TPSA) is 50.4 Å². The summed E-state index contributed by atoms with van der Waals surface area (Å²) in [6, 6.07) is 5.87. The lowest BCUT2D eigenvalue weighted by Crippen LogP contribution is -2.23. The SMILES string of the molecule is I.NC(=NCCC(F)(F)F)Nc1ccc2c(c1)CCC2. The zero-order valence-electron chi connectivity index (χ0n) is 10.8. The maximum atomic E-state index is 12.0. The number of nitrogens with two attached hydrogens (primary N) is 1. The minimum Gasteiger partial charge on any atom is -0.370 e. The predicted octanol–water partition coefficient (Wildman–Crippen LogP) is 3.47. The molecular formula is C13H17F3IN3. The van der Waals surface area contributed by atoms with Crippen molar-refractivity contribution in [3.05, 3.63) is 29.3 Å². The second kappa shape index (κ2) is 7.14. The third kappa shape index (κ3) is 5.18. The largest absolute Gasteiger partial charge is 0.390 e. The Labute approximate surface area is 132 Å². The molecule has 0 saturated heterocycles. The lowest BCUT2D eigenvalue weighted by molar-refractivity contribution is -0.132. The molecule has 2 rings (SSSR count). The summed E-state index contributed by atoms with van der Waals surface area (Å²) in [6.07, 6.45) is -1.88. The first-order chi connectivity index (χ1) is 8.94. The van der Waals surface area contributed by atoms with Crippen molar-refractivity contribution in [3.8, 4) is 0 Å². The number of rotatable bonds is 3. The van der Waals surface area contributed by atoms with Gasteiger partial charge in [-0.25, -0.2) is 0 Å². The van der Waals surface area contributed by atoms with E-state index in [4.69, 9.17) is 5.73 Å². The van der Waals surface area contributed by atoms with E-state index in [1.165, 1.54) is 11.1 Å². The first-order valence-corrected chi connectivity index (χ1v) is 6.19. The summed E-state index contributed by atoms with van der Waals surface area (Å²) in [5.74, 6) is 0.0159. The first-order valence-electron chi connectivity index (χ1n) is 6.19. The molecule has 1 aliphatic carbocycles. The third-order valence-corrected chi connectivity index (χ3v) is 3.05. The van der Waals surface area contributed by atoms with Crippen molar-refractivity contribution in [1.29, 1.82) is 0 Å². The van der Waals surface area contributed by atoms with Gasteiger partial charge in [-0.15, -0.1) is 24.0 Å².